The topological polar surface area (TPSA) is 68.2 Å². The second kappa shape index (κ2) is 17.0. The molecule has 0 fully saturated rings. The van der Waals surface area contributed by atoms with Crippen LogP contribution in [0.5, 0.6) is 0 Å². The zero-order chi connectivity index (χ0) is 22.0. The lowest BCUT2D eigenvalue weighted by atomic mass is 10.1. The molecule has 29 heavy (non-hydrogen) atoms. The van der Waals surface area contributed by atoms with Crippen molar-refractivity contribution in [2.75, 3.05) is 13.2 Å². The van der Waals surface area contributed by atoms with E-state index in [1.807, 2.05) is 6.08 Å². The summed E-state index contributed by atoms with van der Waals surface area (Å²) in [6.07, 6.45) is 17.0. The van der Waals surface area contributed by atoms with Gasteiger partial charge in [-0.1, -0.05) is 70.4 Å². The minimum absolute atomic E-state index is 0.252. The summed E-state index contributed by atoms with van der Waals surface area (Å²) < 4.78 is 10.1. The fourth-order valence-corrected chi connectivity index (χ4v) is 2.64. The highest BCUT2D eigenvalue weighted by atomic mass is 16.6. The number of carbonyl (C=O) groups excluding carboxylic acids is 2. The summed E-state index contributed by atoms with van der Waals surface area (Å²) in [5.41, 5.74) is -0.630. The van der Waals surface area contributed by atoms with Gasteiger partial charge >= 0.3 is 12.1 Å². The molecule has 0 aliphatic heterocycles. The van der Waals surface area contributed by atoms with Gasteiger partial charge in [-0.2, -0.15) is 10.1 Å². The van der Waals surface area contributed by atoms with Crippen LogP contribution < -0.4 is 0 Å². The van der Waals surface area contributed by atoms with Crippen molar-refractivity contribution in [3.05, 3.63) is 12.2 Å². The molecule has 0 unspecified atom stereocenters. The molecule has 0 N–H and O–H groups in total. The molecule has 0 saturated carbocycles. The van der Waals surface area contributed by atoms with Gasteiger partial charge in [0.2, 0.25) is 0 Å². The van der Waals surface area contributed by atoms with E-state index in [9.17, 15) is 9.59 Å². The molecule has 0 saturated heterocycles. The van der Waals surface area contributed by atoms with Gasteiger partial charge in [-0.15, -0.1) is 0 Å². The third kappa shape index (κ3) is 17.9. The van der Waals surface area contributed by atoms with Gasteiger partial charge in [-0.3, -0.25) is 0 Å². The molecule has 0 radical (unpaired) electrons. The maximum atomic E-state index is 12.3. The molecule has 6 nitrogen and oxygen atoms in total. The van der Waals surface area contributed by atoms with E-state index in [1.165, 1.54) is 51.4 Å². The average molecular weight is 411 g/mol. The maximum Gasteiger partial charge on any atom is 0.431 e. The van der Waals surface area contributed by atoms with E-state index in [0.29, 0.717) is 0 Å². The lowest BCUT2D eigenvalue weighted by Crippen LogP contribution is -2.34. The number of esters is 1. The lowest BCUT2D eigenvalue weighted by molar-refractivity contribution is -0.134. The van der Waals surface area contributed by atoms with Gasteiger partial charge < -0.3 is 9.47 Å². The Kier molecular flexibility index (Phi) is 16.0. The predicted octanol–water partition coefficient (Wildman–Crippen LogP) is 6.25. The first-order chi connectivity index (χ1) is 13.8. The minimum Gasteiger partial charge on any atom is -0.462 e. The van der Waals surface area contributed by atoms with Crippen molar-refractivity contribution >= 4 is 18.3 Å². The van der Waals surface area contributed by atoms with Crippen LogP contribution in [0.1, 0.15) is 98.8 Å². The standard InChI is InChI=1S/C23H42N2O4/c1-6-8-9-10-11-12-13-14-15-16-17-18-19-25(22(27)29-23(3,4)5)24-20-21(26)28-7-2/h17-18,20H,6-16,19H2,1-5H3/b18-17+,24-20+. The minimum atomic E-state index is -0.630. The van der Waals surface area contributed by atoms with Crippen LogP contribution in [0.4, 0.5) is 4.79 Å². The van der Waals surface area contributed by atoms with E-state index in [-0.39, 0.29) is 13.2 Å². The van der Waals surface area contributed by atoms with Crippen LogP contribution in [0.15, 0.2) is 17.3 Å². The number of ether oxygens (including phenoxy) is 2. The Balaban J connectivity index is 4.23. The van der Waals surface area contributed by atoms with E-state index in [0.717, 1.165) is 24.1 Å². The smallest absolute Gasteiger partial charge is 0.431 e. The van der Waals surface area contributed by atoms with Crippen molar-refractivity contribution in [1.82, 2.24) is 5.01 Å². The number of carbonyl (C=O) groups is 2. The van der Waals surface area contributed by atoms with Crippen LogP contribution in [0.25, 0.3) is 0 Å². The zero-order valence-corrected chi connectivity index (χ0v) is 19.2. The van der Waals surface area contributed by atoms with E-state index in [4.69, 9.17) is 9.47 Å². The first-order valence-corrected chi connectivity index (χ1v) is 11.2. The molecular formula is C23H42N2O4. The molecule has 0 aromatic rings. The van der Waals surface area contributed by atoms with Crippen molar-refractivity contribution in [3.8, 4) is 0 Å². The molecule has 168 valence electrons. The van der Waals surface area contributed by atoms with Gasteiger partial charge in [-0.25, -0.2) is 9.59 Å². The molecule has 0 aromatic heterocycles. The Morgan fingerprint density at radius 1 is 0.897 bits per heavy atom. The van der Waals surface area contributed by atoms with Gasteiger partial charge in [0.15, 0.2) is 0 Å². The SMILES string of the molecule is CCCCCCCCCCC/C=C/CN(/N=C/C(=O)OCC)C(=O)OC(C)(C)C. The van der Waals surface area contributed by atoms with E-state index in [1.54, 1.807) is 27.7 Å². The molecular weight excluding hydrogens is 368 g/mol. The number of nitrogens with zero attached hydrogens (tertiary/aromatic N) is 2. The molecule has 0 heterocycles. The molecule has 0 aliphatic carbocycles. The Labute approximate surface area is 177 Å². The highest BCUT2D eigenvalue weighted by Gasteiger charge is 2.21. The van der Waals surface area contributed by atoms with Gasteiger partial charge in [-0.05, 0) is 40.5 Å². The Morgan fingerprint density at radius 2 is 1.48 bits per heavy atom. The van der Waals surface area contributed by atoms with Gasteiger partial charge in [0.1, 0.15) is 11.8 Å². The second-order valence-electron chi connectivity index (χ2n) is 8.15. The van der Waals surface area contributed by atoms with E-state index in [2.05, 4.69) is 18.1 Å². The summed E-state index contributed by atoms with van der Waals surface area (Å²) in [5, 5.41) is 5.06. The van der Waals surface area contributed by atoms with Crippen LogP contribution >= 0.6 is 0 Å². The largest absolute Gasteiger partial charge is 0.462 e. The normalized spacial score (nSPS) is 11.9. The highest BCUT2D eigenvalue weighted by Crippen LogP contribution is 2.12. The Bertz CT molecular complexity index is 496. The summed E-state index contributed by atoms with van der Waals surface area (Å²) in [6, 6.07) is 0. The Morgan fingerprint density at radius 3 is 2.03 bits per heavy atom. The quantitative estimate of drug-likeness (QED) is 0.105. The third-order valence-corrected chi connectivity index (χ3v) is 4.11. The maximum absolute atomic E-state index is 12.3. The summed E-state index contributed by atoms with van der Waals surface area (Å²) in [6.45, 7) is 9.84. The first-order valence-electron chi connectivity index (χ1n) is 11.2. The van der Waals surface area contributed by atoms with Gasteiger partial charge in [0.25, 0.3) is 0 Å². The van der Waals surface area contributed by atoms with Crippen molar-refractivity contribution < 1.29 is 19.1 Å². The first kappa shape index (κ1) is 27.1. The molecule has 0 atom stereocenters. The van der Waals surface area contributed by atoms with Gasteiger partial charge in [0, 0.05) is 0 Å². The van der Waals surface area contributed by atoms with Crippen molar-refractivity contribution in [1.29, 1.82) is 0 Å². The van der Waals surface area contributed by atoms with E-state index < -0.39 is 17.7 Å². The van der Waals surface area contributed by atoms with Crippen molar-refractivity contribution in [3.63, 3.8) is 0 Å². The number of allylic oxidation sites excluding steroid dienone is 1. The fraction of sp³-hybridized carbons (Fsp3) is 0.783. The molecule has 0 spiro atoms. The number of rotatable bonds is 15. The van der Waals surface area contributed by atoms with Crippen LogP contribution in [0.3, 0.4) is 0 Å². The molecule has 0 rings (SSSR count). The number of hydrazone groups is 1. The molecule has 0 bridgehead atoms. The van der Waals surface area contributed by atoms with Crippen LogP contribution in [0, 0.1) is 0 Å². The molecule has 0 aromatic carbocycles. The highest BCUT2D eigenvalue weighted by molar-refractivity contribution is 6.23. The van der Waals surface area contributed by atoms with Crippen LogP contribution in [0.2, 0.25) is 0 Å². The second-order valence-corrected chi connectivity index (χ2v) is 8.15. The average Bonchev–Trinajstić information content (AvgIpc) is 2.63. The van der Waals surface area contributed by atoms with Crippen molar-refractivity contribution in [2.45, 2.75) is 104 Å². The van der Waals surface area contributed by atoms with E-state index >= 15 is 0 Å². The molecule has 1 amide bonds. The van der Waals surface area contributed by atoms with Crippen molar-refractivity contribution in [2.24, 2.45) is 5.10 Å². The predicted molar refractivity (Wildman–Crippen MR) is 119 cm³/mol. The van der Waals surface area contributed by atoms with Crippen LogP contribution in [-0.2, 0) is 14.3 Å². The lowest BCUT2D eigenvalue weighted by Gasteiger charge is -2.23. The number of unbranched alkanes of at least 4 members (excludes halogenated alkanes) is 9. The molecule has 6 heteroatoms. The zero-order valence-electron chi connectivity index (χ0n) is 19.2. The number of hydrogen-bond donors (Lipinski definition) is 0. The summed E-state index contributed by atoms with van der Waals surface area (Å²) in [4.78, 5) is 23.7. The number of amides is 1. The summed E-state index contributed by atoms with van der Waals surface area (Å²) >= 11 is 0. The third-order valence-electron chi connectivity index (χ3n) is 4.11. The molecule has 0 aliphatic rings. The van der Waals surface area contributed by atoms with Crippen LogP contribution in [-0.4, -0.2) is 42.0 Å². The van der Waals surface area contributed by atoms with Gasteiger partial charge in [0.05, 0.1) is 13.2 Å². The summed E-state index contributed by atoms with van der Waals surface area (Å²) in [5.74, 6) is -0.584. The fourth-order valence-electron chi connectivity index (χ4n) is 2.64. The Hall–Kier alpha value is -1.85. The summed E-state index contributed by atoms with van der Waals surface area (Å²) in [7, 11) is 0. The number of hydrogen-bond acceptors (Lipinski definition) is 5. The monoisotopic (exact) mass is 410 g/mol.